The van der Waals surface area contributed by atoms with Crippen LogP contribution < -0.4 is 0 Å². The van der Waals surface area contributed by atoms with E-state index in [1.54, 1.807) is 0 Å². The summed E-state index contributed by atoms with van der Waals surface area (Å²) < 4.78 is 2.22. The van der Waals surface area contributed by atoms with Crippen LogP contribution >= 0.6 is 0 Å². The maximum atomic E-state index is 10.4. The predicted octanol–water partition coefficient (Wildman–Crippen LogP) is 3.49. The van der Waals surface area contributed by atoms with E-state index in [4.69, 9.17) is 0 Å². The Morgan fingerprint density at radius 2 is 2.10 bits per heavy atom. The monoisotopic (exact) mass is 270 g/mol. The minimum atomic E-state index is -0.363. The van der Waals surface area contributed by atoms with E-state index in [9.17, 15) is 5.11 Å². The van der Waals surface area contributed by atoms with E-state index in [-0.39, 0.29) is 11.5 Å². The van der Waals surface area contributed by atoms with Crippen molar-refractivity contribution in [3.8, 4) is 5.82 Å². The van der Waals surface area contributed by atoms with Crippen molar-refractivity contribution in [1.29, 1.82) is 0 Å². The third-order valence-corrected chi connectivity index (χ3v) is 4.26. The fraction of sp³-hybridized carbons (Fsp3) is 0.471. The molecule has 3 nitrogen and oxygen atoms in total. The molecular weight excluding hydrogens is 248 g/mol. The average molecular weight is 270 g/mol. The van der Waals surface area contributed by atoms with Gasteiger partial charge in [-0.25, -0.2) is 4.98 Å². The molecule has 3 heteroatoms. The number of aryl methyl sites for hydroxylation is 2. The maximum absolute atomic E-state index is 10.4. The summed E-state index contributed by atoms with van der Waals surface area (Å²) in [5.41, 5.74) is 4.72. The first-order valence-electron chi connectivity index (χ1n) is 7.20. The first-order valence-corrected chi connectivity index (χ1v) is 7.20. The Bertz CT molecular complexity index is 655. The van der Waals surface area contributed by atoms with Crippen LogP contribution in [0.5, 0.6) is 0 Å². The van der Waals surface area contributed by atoms with Crippen LogP contribution in [-0.4, -0.2) is 14.7 Å². The van der Waals surface area contributed by atoms with Crippen LogP contribution in [0.3, 0.4) is 0 Å². The number of aliphatic hydroxyl groups excluding tert-OH is 1. The van der Waals surface area contributed by atoms with E-state index in [1.807, 2.05) is 12.3 Å². The summed E-state index contributed by atoms with van der Waals surface area (Å²) in [4.78, 5) is 4.54. The zero-order chi connectivity index (χ0) is 14.5. The highest BCUT2D eigenvalue weighted by Gasteiger charge is 2.34. The van der Waals surface area contributed by atoms with E-state index in [2.05, 4.69) is 49.4 Å². The lowest BCUT2D eigenvalue weighted by molar-refractivity contribution is 0.0986. The van der Waals surface area contributed by atoms with Gasteiger partial charge in [0.05, 0.1) is 6.10 Å². The molecule has 20 heavy (non-hydrogen) atoms. The molecule has 2 aromatic heterocycles. The minimum absolute atomic E-state index is 0.123. The fourth-order valence-corrected chi connectivity index (χ4v) is 3.35. The Hall–Kier alpha value is -1.61. The number of nitrogens with zero attached hydrogens (tertiary/aromatic N) is 2. The zero-order valence-electron chi connectivity index (χ0n) is 12.6. The van der Waals surface area contributed by atoms with Gasteiger partial charge in [-0.2, -0.15) is 0 Å². The summed E-state index contributed by atoms with van der Waals surface area (Å²) in [6.45, 7) is 8.61. The lowest BCUT2D eigenvalue weighted by atomic mass is 9.75. The van der Waals surface area contributed by atoms with E-state index in [0.717, 1.165) is 35.5 Å². The van der Waals surface area contributed by atoms with Gasteiger partial charge in [-0.3, -0.25) is 0 Å². The second-order valence-electron chi connectivity index (χ2n) is 6.73. The van der Waals surface area contributed by atoms with Gasteiger partial charge in [0.1, 0.15) is 5.82 Å². The highest BCUT2D eigenvalue weighted by molar-refractivity contribution is 5.43. The number of rotatable bonds is 1. The standard InChI is InChI=1S/C17H22N2O/c1-11-6-5-7-18-16(11)19-12(2)8-13-14(19)9-17(3,4)10-15(13)20/h5-8,15,20H,9-10H2,1-4H3. The molecule has 1 atom stereocenters. The van der Waals surface area contributed by atoms with Gasteiger partial charge in [0.2, 0.25) is 0 Å². The molecule has 0 aromatic carbocycles. The van der Waals surface area contributed by atoms with Crippen molar-refractivity contribution in [2.45, 2.75) is 46.6 Å². The van der Waals surface area contributed by atoms with Crippen LogP contribution in [0, 0.1) is 19.3 Å². The van der Waals surface area contributed by atoms with Gasteiger partial charge in [0, 0.05) is 23.1 Å². The summed E-state index contributed by atoms with van der Waals surface area (Å²) in [5.74, 6) is 0.983. The minimum Gasteiger partial charge on any atom is -0.388 e. The normalized spacial score (nSPS) is 20.8. The molecule has 0 saturated carbocycles. The highest BCUT2D eigenvalue weighted by atomic mass is 16.3. The van der Waals surface area contributed by atoms with Crippen molar-refractivity contribution >= 4 is 0 Å². The first-order chi connectivity index (χ1) is 9.39. The van der Waals surface area contributed by atoms with Gasteiger partial charge < -0.3 is 9.67 Å². The molecule has 1 N–H and O–H groups in total. The van der Waals surface area contributed by atoms with Crippen LogP contribution in [0.15, 0.2) is 24.4 Å². The van der Waals surface area contributed by atoms with Gasteiger partial charge in [-0.05, 0) is 49.8 Å². The second kappa shape index (κ2) is 4.45. The average Bonchev–Trinajstić information content (AvgIpc) is 2.66. The van der Waals surface area contributed by atoms with E-state index in [0.29, 0.717) is 0 Å². The summed E-state index contributed by atoms with van der Waals surface area (Å²) in [7, 11) is 0. The number of hydrogen-bond acceptors (Lipinski definition) is 2. The molecule has 0 amide bonds. The third-order valence-electron chi connectivity index (χ3n) is 4.26. The van der Waals surface area contributed by atoms with E-state index >= 15 is 0 Å². The quantitative estimate of drug-likeness (QED) is 0.861. The Morgan fingerprint density at radius 3 is 2.80 bits per heavy atom. The SMILES string of the molecule is Cc1cccnc1-n1c(C)cc2c1CC(C)(C)CC2O. The molecule has 0 bridgehead atoms. The number of pyridine rings is 1. The summed E-state index contributed by atoms with van der Waals surface area (Å²) >= 11 is 0. The van der Waals surface area contributed by atoms with Crippen LogP contribution in [-0.2, 0) is 6.42 Å². The molecule has 2 heterocycles. The Morgan fingerprint density at radius 1 is 1.35 bits per heavy atom. The van der Waals surface area contributed by atoms with E-state index < -0.39 is 0 Å². The van der Waals surface area contributed by atoms with Crippen molar-refractivity contribution in [3.63, 3.8) is 0 Å². The lowest BCUT2D eigenvalue weighted by Crippen LogP contribution is -2.26. The number of aliphatic hydroxyl groups is 1. The molecule has 0 saturated heterocycles. The van der Waals surface area contributed by atoms with Crippen LogP contribution in [0.4, 0.5) is 0 Å². The van der Waals surface area contributed by atoms with Crippen LogP contribution in [0.2, 0.25) is 0 Å². The van der Waals surface area contributed by atoms with Crippen molar-refractivity contribution < 1.29 is 5.11 Å². The van der Waals surface area contributed by atoms with Gasteiger partial charge in [-0.15, -0.1) is 0 Å². The summed E-state index contributed by atoms with van der Waals surface area (Å²) in [5, 5.41) is 10.4. The topological polar surface area (TPSA) is 38.0 Å². The van der Waals surface area contributed by atoms with Gasteiger partial charge in [-0.1, -0.05) is 19.9 Å². The first kappa shape index (κ1) is 13.4. The van der Waals surface area contributed by atoms with Crippen molar-refractivity contribution in [1.82, 2.24) is 9.55 Å². The number of hydrogen-bond donors (Lipinski definition) is 1. The molecule has 0 fully saturated rings. The molecule has 1 aliphatic carbocycles. The third kappa shape index (κ3) is 2.06. The fourth-order valence-electron chi connectivity index (χ4n) is 3.35. The molecule has 0 radical (unpaired) electrons. The molecule has 106 valence electrons. The summed E-state index contributed by atoms with van der Waals surface area (Å²) in [6, 6.07) is 6.16. The molecule has 0 aliphatic heterocycles. The smallest absolute Gasteiger partial charge is 0.139 e. The molecule has 2 aromatic rings. The van der Waals surface area contributed by atoms with Crippen molar-refractivity contribution in [2.24, 2.45) is 5.41 Å². The predicted molar refractivity (Wildman–Crippen MR) is 80.1 cm³/mol. The second-order valence-corrected chi connectivity index (χ2v) is 6.73. The Labute approximate surface area is 120 Å². The highest BCUT2D eigenvalue weighted by Crippen LogP contribution is 2.42. The molecule has 0 spiro atoms. The Kier molecular flexibility index (Phi) is 2.98. The molecule has 3 rings (SSSR count). The zero-order valence-corrected chi connectivity index (χ0v) is 12.6. The lowest BCUT2D eigenvalue weighted by Gasteiger charge is -2.34. The van der Waals surface area contributed by atoms with Gasteiger partial charge >= 0.3 is 0 Å². The van der Waals surface area contributed by atoms with Gasteiger partial charge in [0.15, 0.2) is 0 Å². The number of fused-ring (bicyclic) bond motifs is 1. The van der Waals surface area contributed by atoms with Crippen molar-refractivity contribution in [2.75, 3.05) is 0 Å². The Balaban J connectivity index is 2.22. The molecule has 1 unspecified atom stereocenters. The maximum Gasteiger partial charge on any atom is 0.139 e. The summed E-state index contributed by atoms with van der Waals surface area (Å²) in [6.07, 6.45) is 3.27. The largest absolute Gasteiger partial charge is 0.388 e. The van der Waals surface area contributed by atoms with Crippen LogP contribution in [0.1, 0.15) is 48.9 Å². The molecular formula is C17H22N2O. The van der Waals surface area contributed by atoms with Crippen LogP contribution in [0.25, 0.3) is 5.82 Å². The molecule has 1 aliphatic rings. The number of aromatic nitrogens is 2. The van der Waals surface area contributed by atoms with E-state index in [1.165, 1.54) is 5.69 Å². The van der Waals surface area contributed by atoms with Gasteiger partial charge in [0.25, 0.3) is 0 Å². The van der Waals surface area contributed by atoms with Crippen molar-refractivity contribution in [3.05, 3.63) is 46.9 Å².